The van der Waals surface area contributed by atoms with Crippen molar-refractivity contribution in [1.82, 2.24) is 5.32 Å². The maximum atomic E-state index is 13.1. The van der Waals surface area contributed by atoms with Crippen LogP contribution in [-0.2, 0) is 9.53 Å². The first-order chi connectivity index (χ1) is 13.0. The monoisotopic (exact) mass is 384 g/mol. The molecule has 0 aliphatic rings. The molecule has 7 heteroatoms. The molecular formula is C20H17FN2O3S. The van der Waals surface area contributed by atoms with Crippen molar-refractivity contribution in [3.05, 3.63) is 87.9 Å². The fraction of sp³-hybridized carbons (Fsp3) is 0.100. The van der Waals surface area contributed by atoms with Crippen LogP contribution >= 0.6 is 11.3 Å². The standard InChI is InChI=1S/C20H17FN2O3S/c21-14-8-9-15(16(22)11-14)20(25)26-12-18(24)23-19(17-7-4-10-27-17)13-5-2-1-3-6-13/h1-11,19H,12,22H2,(H,23,24). The summed E-state index contributed by atoms with van der Waals surface area (Å²) in [6.07, 6.45) is 0. The molecule has 3 N–H and O–H groups in total. The van der Waals surface area contributed by atoms with E-state index in [2.05, 4.69) is 5.32 Å². The second-order valence-electron chi connectivity index (χ2n) is 5.73. The molecule has 1 amide bonds. The predicted octanol–water partition coefficient (Wildman–Crippen LogP) is 3.53. The summed E-state index contributed by atoms with van der Waals surface area (Å²) < 4.78 is 18.1. The Hall–Kier alpha value is -3.19. The van der Waals surface area contributed by atoms with E-state index in [4.69, 9.17) is 10.5 Å². The molecule has 1 unspecified atom stereocenters. The maximum absolute atomic E-state index is 13.1. The third kappa shape index (κ3) is 4.71. The Labute approximate surface area is 159 Å². The molecule has 138 valence electrons. The first-order valence-corrected chi connectivity index (χ1v) is 9.02. The molecule has 0 spiro atoms. The lowest BCUT2D eigenvalue weighted by molar-refractivity contribution is -0.124. The van der Waals surface area contributed by atoms with Crippen molar-refractivity contribution in [2.75, 3.05) is 12.3 Å². The normalized spacial score (nSPS) is 11.6. The number of thiophene rings is 1. The molecule has 0 saturated carbocycles. The number of rotatable bonds is 6. The largest absolute Gasteiger partial charge is 0.452 e. The van der Waals surface area contributed by atoms with Crippen LogP contribution in [0, 0.1) is 5.82 Å². The van der Waals surface area contributed by atoms with Crippen LogP contribution in [0.3, 0.4) is 0 Å². The van der Waals surface area contributed by atoms with Gasteiger partial charge in [-0.1, -0.05) is 36.4 Å². The Kier molecular flexibility index (Phi) is 5.83. The van der Waals surface area contributed by atoms with E-state index in [0.29, 0.717) is 0 Å². The minimum atomic E-state index is -0.782. The molecule has 1 heterocycles. The van der Waals surface area contributed by atoms with Gasteiger partial charge in [0.05, 0.1) is 11.6 Å². The van der Waals surface area contributed by atoms with E-state index in [0.717, 1.165) is 22.6 Å². The van der Waals surface area contributed by atoms with Crippen LogP contribution in [0.1, 0.15) is 26.8 Å². The van der Waals surface area contributed by atoms with Gasteiger partial charge in [-0.2, -0.15) is 0 Å². The van der Waals surface area contributed by atoms with Crippen molar-refractivity contribution >= 4 is 28.9 Å². The Morgan fingerprint density at radius 1 is 1.11 bits per heavy atom. The van der Waals surface area contributed by atoms with Gasteiger partial charge in [-0.05, 0) is 35.2 Å². The number of carbonyl (C=O) groups is 2. The molecule has 0 fully saturated rings. The van der Waals surface area contributed by atoms with Gasteiger partial charge in [-0.25, -0.2) is 9.18 Å². The van der Waals surface area contributed by atoms with E-state index in [1.54, 1.807) is 0 Å². The zero-order valence-corrected chi connectivity index (χ0v) is 15.0. The maximum Gasteiger partial charge on any atom is 0.340 e. The van der Waals surface area contributed by atoms with Crippen molar-refractivity contribution < 1.29 is 18.7 Å². The van der Waals surface area contributed by atoms with Crippen LogP contribution in [0.4, 0.5) is 10.1 Å². The third-order valence-electron chi connectivity index (χ3n) is 3.83. The topological polar surface area (TPSA) is 81.4 Å². The summed E-state index contributed by atoms with van der Waals surface area (Å²) in [5, 5.41) is 4.79. The number of amides is 1. The Morgan fingerprint density at radius 2 is 1.89 bits per heavy atom. The van der Waals surface area contributed by atoms with E-state index in [-0.39, 0.29) is 17.3 Å². The number of halogens is 1. The number of nitrogens with one attached hydrogen (secondary N) is 1. The molecule has 27 heavy (non-hydrogen) atoms. The molecule has 0 aliphatic heterocycles. The summed E-state index contributed by atoms with van der Waals surface area (Å²) >= 11 is 1.52. The Morgan fingerprint density at radius 3 is 2.56 bits per heavy atom. The van der Waals surface area contributed by atoms with Crippen molar-refractivity contribution in [1.29, 1.82) is 0 Å². The van der Waals surface area contributed by atoms with Gasteiger partial charge in [0.2, 0.25) is 0 Å². The van der Waals surface area contributed by atoms with E-state index in [1.165, 1.54) is 17.4 Å². The van der Waals surface area contributed by atoms with Crippen LogP contribution in [0.15, 0.2) is 66.0 Å². The fourth-order valence-corrected chi connectivity index (χ4v) is 3.35. The summed E-state index contributed by atoms with van der Waals surface area (Å²) in [6, 6.07) is 16.3. The second kappa shape index (κ2) is 8.46. The molecule has 0 bridgehead atoms. The summed E-state index contributed by atoms with van der Waals surface area (Å²) in [5.41, 5.74) is 6.50. The molecule has 1 aromatic heterocycles. The summed E-state index contributed by atoms with van der Waals surface area (Å²) in [7, 11) is 0. The van der Waals surface area contributed by atoms with Gasteiger partial charge in [0.15, 0.2) is 6.61 Å². The molecule has 2 aromatic carbocycles. The van der Waals surface area contributed by atoms with Crippen LogP contribution < -0.4 is 11.1 Å². The highest BCUT2D eigenvalue weighted by atomic mass is 32.1. The summed E-state index contributed by atoms with van der Waals surface area (Å²) in [4.78, 5) is 25.3. The smallest absolute Gasteiger partial charge is 0.340 e. The summed E-state index contributed by atoms with van der Waals surface area (Å²) in [6.45, 7) is -0.468. The molecule has 5 nitrogen and oxygen atoms in total. The van der Waals surface area contributed by atoms with Gasteiger partial charge in [0, 0.05) is 10.6 Å². The van der Waals surface area contributed by atoms with Gasteiger partial charge < -0.3 is 15.8 Å². The molecule has 0 radical (unpaired) electrons. The number of benzene rings is 2. The Bertz CT molecular complexity index is 930. The van der Waals surface area contributed by atoms with E-state index in [9.17, 15) is 14.0 Å². The molecule has 0 aliphatic carbocycles. The number of anilines is 1. The lowest BCUT2D eigenvalue weighted by atomic mass is 10.1. The highest BCUT2D eigenvalue weighted by Gasteiger charge is 2.19. The van der Waals surface area contributed by atoms with Gasteiger partial charge >= 0.3 is 5.97 Å². The zero-order chi connectivity index (χ0) is 19.2. The van der Waals surface area contributed by atoms with Crippen molar-refractivity contribution in [2.45, 2.75) is 6.04 Å². The van der Waals surface area contributed by atoms with Gasteiger partial charge in [-0.3, -0.25) is 4.79 Å². The van der Waals surface area contributed by atoms with Crippen LogP contribution in [0.2, 0.25) is 0 Å². The number of ether oxygens (including phenoxy) is 1. The average Bonchev–Trinajstić information content (AvgIpc) is 3.19. The first kappa shape index (κ1) is 18.6. The minimum absolute atomic E-state index is 0.0158. The van der Waals surface area contributed by atoms with E-state index in [1.807, 2.05) is 47.8 Å². The second-order valence-corrected chi connectivity index (χ2v) is 6.71. The van der Waals surface area contributed by atoms with Crippen LogP contribution in [0.25, 0.3) is 0 Å². The number of esters is 1. The van der Waals surface area contributed by atoms with Gasteiger partial charge in [0.1, 0.15) is 5.82 Å². The molecule has 3 aromatic rings. The zero-order valence-electron chi connectivity index (χ0n) is 14.2. The number of carbonyl (C=O) groups excluding carboxylic acids is 2. The minimum Gasteiger partial charge on any atom is -0.452 e. The third-order valence-corrected chi connectivity index (χ3v) is 4.77. The van der Waals surface area contributed by atoms with Gasteiger partial charge in [0.25, 0.3) is 5.91 Å². The molecule has 0 saturated heterocycles. The fourth-order valence-electron chi connectivity index (χ4n) is 2.55. The number of hydrogen-bond donors (Lipinski definition) is 2. The van der Waals surface area contributed by atoms with Crippen molar-refractivity contribution in [3.63, 3.8) is 0 Å². The molecule has 1 atom stereocenters. The highest BCUT2D eigenvalue weighted by molar-refractivity contribution is 7.10. The highest BCUT2D eigenvalue weighted by Crippen LogP contribution is 2.25. The number of nitrogen functional groups attached to an aromatic ring is 1. The van der Waals surface area contributed by atoms with Crippen molar-refractivity contribution in [3.8, 4) is 0 Å². The lowest BCUT2D eigenvalue weighted by Gasteiger charge is -2.18. The molecule has 3 rings (SSSR count). The lowest BCUT2D eigenvalue weighted by Crippen LogP contribution is -2.32. The van der Waals surface area contributed by atoms with Gasteiger partial charge in [-0.15, -0.1) is 11.3 Å². The number of hydrogen-bond acceptors (Lipinski definition) is 5. The van der Waals surface area contributed by atoms with E-state index >= 15 is 0 Å². The van der Waals surface area contributed by atoms with Crippen LogP contribution in [-0.4, -0.2) is 18.5 Å². The van der Waals surface area contributed by atoms with Crippen molar-refractivity contribution in [2.24, 2.45) is 0 Å². The molecular weight excluding hydrogens is 367 g/mol. The quantitative estimate of drug-likeness (QED) is 0.503. The predicted molar refractivity (Wildman–Crippen MR) is 102 cm³/mol. The van der Waals surface area contributed by atoms with E-state index < -0.39 is 24.3 Å². The summed E-state index contributed by atoms with van der Waals surface area (Å²) in [5.74, 6) is -1.79. The Balaban J connectivity index is 1.65. The van der Waals surface area contributed by atoms with Crippen LogP contribution in [0.5, 0.6) is 0 Å². The average molecular weight is 384 g/mol. The SMILES string of the molecule is Nc1cc(F)ccc1C(=O)OCC(=O)NC(c1ccccc1)c1cccs1. The first-order valence-electron chi connectivity index (χ1n) is 8.14. The number of nitrogens with two attached hydrogens (primary N) is 1.